The summed E-state index contributed by atoms with van der Waals surface area (Å²) in [4.78, 5) is 34.5. The number of aryl methyl sites for hydroxylation is 1. The van der Waals surface area contributed by atoms with Gasteiger partial charge in [0.15, 0.2) is 5.76 Å². The van der Waals surface area contributed by atoms with Crippen molar-refractivity contribution in [1.82, 2.24) is 14.8 Å². The van der Waals surface area contributed by atoms with Crippen LogP contribution in [0.2, 0.25) is 0 Å². The van der Waals surface area contributed by atoms with Crippen LogP contribution in [-0.4, -0.2) is 59.3 Å². The molecule has 0 unspecified atom stereocenters. The number of rotatable bonds is 9. The molecular weight excluding hydrogens is 428 g/mol. The summed E-state index contributed by atoms with van der Waals surface area (Å²) in [6.07, 6.45) is 6.50. The van der Waals surface area contributed by atoms with Crippen LogP contribution in [0.15, 0.2) is 47.1 Å². The van der Waals surface area contributed by atoms with Gasteiger partial charge in [0.1, 0.15) is 0 Å². The second-order valence-corrected chi connectivity index (χ2v) is 8.88. The first-order valence-electron chi connectivity index (χ1n) is 12.4. The summed E-state index contributed by atoms with van der Waals surface area (Å²) in [5.41, 5.74) is 4.10. The zero-order chi connectivity index (χ0) is 23.9. The topological polar surface area (TPSA) is 78.7 Å². The van der Waals surface area contributed by atoms with Gasteiger partial charge in [-0.2, -0.15) is 0 Å². The first-order chi connectivity index (χ1) is 16.6. The van der Waals surface area contributed by atoms with E-state index in [4.69, 9.17) is 9.40 Å². The molecular formula is C27H34N4O3. The summed E-state index contributed by atoms with van der Waals surface area (Å²) in [5, 5.41) is 4.24. The third kappa shape index (κ3) is 5.47. The highest BCUT2D eigenvalue weighted by molar-refractivity contribution is 6.03. The first-order valence-corrected chi connectivity index (χ1v) is 12.4. The van der Waals surface area contributed by atoms with Crippen molar-refractivity contribution < 1.29 is 14.0 Å². The van der Waals surface area contributed by atoms with Crippen LogP contribution in [0.4, 0.5) is 5.69 Å². The summed E-state index contributed by atoms with van der Waals surface area (Å²) in [6.45, 7) is 7.11. The molecule has 7 nitrogen and oxygen atoms in total. The molecule has 2 amide bonds. The van der Waals surface area contributed by atoms with Crippen LogP contribution < -0.4 is 5.32 Å². The van der Waals surface area contributed by atoms with Gasteiger partial charge in [-0.25, -0.2) is 0 Å². The lowest BCUT2D eigenvalue weighted by atomic mass is 9.98. The Morgan fingerprint density at radius 2 is 1.79 bits per heavy atom. The largest absolute Gasteiger partial charge is 0.459 e. The molecule has 0 saturated carbocycles. The zero-order valence-corrected chi connectivity index (χ0v) is 20.2. The van der Waals surface area contributed by atoms with Crippen LogP contribution in [0.1, 0.15) is 54.9 Å². The number of carbonyl (C=O) groups excluding carboxylic acids is 2. The van der Waals surface area contributed by atoms with Gasteiger partial charge in [0, 0.05) is 37.3 Å². The number of nitrogens with one attached hydrogen (secondary N) is 1. The molecule has 1 fully saturated rings. The highest BCUT2D eigenvalue weighted by Gasteiger charge is 2.25. The lowest BCUT2D eigenvalue weighted by molar-refractivity contribution is -0.117. The Bertz CT molecular complexity index is 1120. The molecule has 0 aliphatic carbocycles. The van der Waals surface area contributed by atoms with Crippen molar-refractivity contribution in [2.45, 2.75) is 46.0 Å². The van der Waals surface area contributed by atoms with E-state index in [2.05, 4.69) is 24.1 Å². The van der Waals surface area contributed by atoms with Crippen molar-refractivity contribution in [3.63, 3.8) is 0 Å². The highest BCUT2D eigenvalue weighted by Crippen LogP contribution is 2.30. The van der Waals surface area contributed by atoms with E-state index in [1.165, 1.54) is 6.26 Å². The molecule has 1 saturated heterocycles. The Morgan fingerprint density at radius 3 is 2.50 bits per heavy atom. The fourth-order valence-electron chi connectivity index (χ4n) is 4.56. The molecule has 1 aromatic carbocycles. The molecule has 1 N–H and O–H groups in total. The predicted octanol–water partition coefficient (Wildman–Crippen LogP) is 4.52. The van der Waals surface area contributed by atoms with E-state index in [1.807, 2.05) is 24.3 Å². The van der Waals surface area contributed by atoms with Crippen LogP contribution >= 0.6 is 0 Å². The minimum atomic E-state index is -0.0961. The minimum absolute atomic E-state index is 0.0269. The number of piperazine rings is 1. The van der Waals surface area contributed by atoms with Gasteiger partial charge in [-0.1, -0.05) is 44.9 Å². The van der Waals surface area contributed by atoms with Crippen LogP contribution in [0.3, 0.4) is 0 Å². The molecule has 3 aromatic rings. The van der Waals surface area contributed by atoms with E-state index < -0.39 is 0 Å². The molecule has 0 atom stereocenters. The Balaban J connectivity index is 1.46. The lowest BCUT2D eigenvalue weighted by Crippen LogP contribution is -2.50. The fourth-order valence-corrected chi connectivity index (χ4v) is 4.56. The van der Waals surface area contributed by atoms with Crippen LogP contribution in [0, 0.1) is 0 Å². The SMILES string of the molecule is CCCCc1nc2ccccc2c(NC(=O)CN2CCN(C(=O)c3ccco3)CC2)c1CCC. The van der Waals surface area contributed by atoms with Gasteiger partial charge in [0.25, 0.3) is 5.91 Å². The third-order valence-electron chi connectivity index (χ3n) is 6.37. The Labute approximate surface area is 201 Å². The molecule has 2 aromatic heterocycles. The molecule has 34 heavy (non-hydrogen) atoms. The molecule has 4 rings (SSSR count). The van der Waals surface area contributed by atoms with Crippen molar-refractivity contribution in [2.24, 2.45) is 0 Å². The molecule has 1 aliphatic heterocycles. The van der Waals surface area contributed by atoms with E-state index in [1.54, 1.807) is 17.0 Å². The number of nitrogens with zero attached hydrogens (tertiary/aromatic N) is 3. The van der Waals surface area contributed by atoms with E-state index in [9.17, 15) is 9.59 Å². The molecule has 0 spiro atoms. The van der Waals surface area contributed by atoms with Gasteiger partial charge >= 0.3 is 0 Å². The molecule has 7 heteroatoms. The van der Waals surface area contributed by atoms with Gasteiger partial charge in [-0.15, -0.1) is 0 Å². The van der Waals surface area contributed by atoms with Crippen molar-refractivity contribution >= 4 is 28.4 Å². The predicted molar refractivity (Wildman–Crippen MR) is 134 cm³/mol. The van der Waals surface area contributed by atoms with E-state index in [0.29, 0.717) is 38.5 Å². The monoisotopic (exact) mass is 462 g/mol. The maximum absolute atomic E-state index is 13.1. The Hall–Kier alpha value is -3.19. The fraction of sp³-hybridized carbons (Fsp3) is 0.444. The maximum Gasteiger partial charge on any atom is 0.289 e. The highest BCUT2D eigenvalue weighted by atomic mass is 16.3. The second-order valence-electron chi connectivity index (χ2n) is 8.88. The molecule has 3 heterocycles. The van der Waals surface area contributed by atoms with E-state index in [-0.39, 0.29) is 11.8 Å². The summed E-state index contributed by atoms with van der Waals surface area (Å²) < 4.78 is 5.23. The summed E-state index contributed by atoms with van der Waals surface area (Å²) in [6, 6.07) is 11.5. The number of anilines is 1. The number of hydrogen-bond donors (Lipinski definition) is 1. The van der Waals surface area contributed by atoms with Crippen molar-refractivity contribution in [3.05, 3.63) is 59.7 Å². The third-order valence-corrected chi connectivity index (χ3v) is 6.37. The Kier molecular flexibility index (Phi) is 7.95. The zero-order valence-electron chi connectivity index (χ0n) is 20.2. The van der Waals surface area contributed by atoms with Gasteiger partial charge in [-0.3, -0.25) is 19.5 Å². The number of hydrogen-bond acceptors (Lipinski definition) is 5. The van der Waals surface area contributed by atoms with E-state index in [0.717, 1.165) is 60.0 Å². The molecule has 180 valence electrons. The number of unbranched alkanes of at least 4 members (excludes halogenated alkanes) is 1. The summed E-state index contributed by atoms with van der Waals surface area (Å²) in [5.74, 6) is 0.236. The number of furan rings is 1. The smallest absolute Gasteiger partial charge is 0.289 e. The average Bonchev–Trinajstić information content (AvgIpc) is 3.39. The standard InChI is InChI=1S/C27H34N4O3/c1-3-5-11-22-20(9-4-2)26(21-10-6-7-12-23(21)28-22)29-25(32)19-30-14-16-31(17-15-30)27(33)24-13-8-18-34-24/h6-8,10,12-13,18H,3-5,9,11,14-17,19H2,1-2H3,(H,28,29,32). The van der Waals surface area contributed by atoms with Gasteiger partial charge in [0.05, 0.1) is 24.0 Å². The minimum Gasteiger partial charge on any atom is -0.459 e. The number of amides is 2. The van der Waals surface area contributed by atoms with Crippen molar-refractivity contribution in [2.75, 3.05) is 38.0 Å². The van der Waals surface area contributed by atoms with Crippen LogP contribution in [-0.2, 0) is 17.6 Å². The van der Waals surface area contributed by atoms with Gasteiger partial charge in [0.2, 0.25) is 5.91 Å². The quantitative estimate of drug-likeness (QED) is 0.506. The number of aromatic nitrogens is 1. The van der Waals surface area contributed by atoms with Crippen LogP contribution in [0.5, 0.6) is 0 Å². The van der Waals surface area contributed by atoms with Crippen LogP contribution in [0.25, 0.3) is 10.9 Å². The Morgan fingerprint density at radius 1 is 1.00 bits per heavy atom. The number of para-hydroxylation sites is 1. The first kappa shape index (κ1) is 24.0. The maximum atomic E-state index is 13.1. The normalized spacial score (nSPS) is 14.5. The number of benzene rings is 1. The second kappa shape index (κ2) is 11.3. The number of pyridine rings is 1. The average molecular weight is 463 g/mol. The van der Waals surface area contributed by atoms with Gasteiger partial charge < -0.3 is 14.6 Å². The van der Waals surface area contributed by atoms with Crippen molar-refractivity contribution in [1.29, 1.82) is 0 Å². The lowest BCUT2D eigenvalue weighted by Gasteiger charge is -2.33. The summed E-state index contributed by atoms with van der Waals surface area (Å²) in [7, 11) is 0. The number of carbonyl (C=O) groups is 2. The van der Waals surface area contributed by atoms with E-state index >= 15 is 0 Å². The van der Waals surface area contributed by atoms with Gasteiger partial charge in [-0.05, 0) is 43.0 Å². The molecule has 0 bridgehead atoms. The number of fused-ring (bicyclic) bond motifs is 1. The molecule has 1 aliphatic rings. The summed E-state index contributed by atoms with van der Waals surface area (Å²) >= 11 is 0. The molecule has 0 radical (unpaired) electrons. The van der Waals surface area contributed by atoms with Crippen molar-refractivity contribution in [3.8, 4) is 0 Å².